The quantitative estimate of drug-likeness (QED) is 0.437. The van der Waals surface area contributed by atoms with Crippen molar-refractivity contribution in [3.8, 4) is 0 Å². The van der Waals surface area contributed by atoms with Crippen molar-refractivity contribution in [3.63, 3.8) is 0 Å². The maximum atomic E-state index is 5.26. The van der Waals surface area contributed by atoms with Gasteiger partial charge in [0.25, 0.3) is 0 Å². The smallest absolute Gasteiger partial charge is 0.107 e. The van der Waals surface area contributed by atoms with E-state index in [1.165, 1.54) is 0 Å². The Hall–Kier alpha value is -0.340. The minimum atomic E-state index is 0.347. The SMILES string of the molecule is C=C(C)COCC1OC1C. The van der Waals surface area contributed by atoms with Gasteiger partial charge in [0.1, 0.15) is 6.10 Å². The predicted octanol–water partition coefficient (Wildman–Crippen LogP) is 1.37. The highest BCUT2D eigenvalue weighted by Gasteiger charge is 2.33. The molecule has 0 radical (unpaired) electrons. The van der Waals surface area contributed by atoms with E-state index in [2.05, 4.69) is 13.5 Å². The summed E-state index contributed by atoms with van der Waals surface area (Å²) < 4.78 is 10.4. The topological polar surface area (TPSA) is 21.8 Å². The van der Waals surface area contributed by atoms with Crippen LogP contribution in [-0.4, -0.2) is 25.4 Å². The Morgan fingerprint density at radius 1 is 1.70 bits per heavy atom. The Bertz CT molecular complexity index is 131. The van der Waals surface area contributed by atoms with Crippen molar-refractivity contribution < 1.29 is 9.47 Å². The number of epoxide rings is 1. The predicted molar refractivity (Wildman–Crippen MR) is 40.0 cm³/mol. The fraction of sp³-hybridized carbons (Fsp3) is 0.750. The third-order valence-corrected chi connectivity index (χ3v) is 1.47. The fourth-order valence-corrected chi connectivity index (χ4v) is 0.754. The zero-order valence-electron chi connectivity index (χ0n) is 6.59. The lowest BCUT2D eigenvalue weighted by atomic mass is 10.3. The lowest BCUT2D eigenvalue weighted by molar-refractivity contribution is 0.136. The molecule has 0 aromatic rings. The van der Waals surface area contributed by atoms with Crippen molar-refractivity contribution in [1.29, 1.82) is 0 Å². The molecule has 0 saturated carbocycles. The summed E-state index contributed by atoms with van der Waals surface area (Å²) in [5.74, 6) is 0. The maximum absolute atomic E-state index is 5.26. The Kier molecular flexibility index (Phi) is 2.46. The molecule has 0 amide bonds. The monoisotopic (exact) mass is 142 g/mol. The zero-order valence-corrected chi connectivity index (χ0v) is 6.59. The van der Waals surface area contributed by atoms with Gasteiger partial charge in [0, 0.05) is 0 Å². The highest BCUT2D eigenvalue weighted by molar-refractivity contribution is 4.88. The molecule has 1 aliphatic heterocycles. The molecule has 1 aliphatic rings. The summed E-state index contributed by atoms with van der Waals surface area (Å²) in [6.45, 7) is 9.11. The van der Waals surface area contributed by atoms with E-state index >= 15 is 0 Å². The molecule has 0 aliphatic carbocycles. The van der Waals surface area contributed by atoms with Gasteiger partial charge in [0.05, 0.1) is 19.3 Å². The fourth-order valence-electron chi connectivity index (χ4n) is 0.754. The highest BCUT2D eigenvalue weighted by atomic mass is 16.6. The van der Waals surface area contributed by atoms with Gasteiger partial charge in [-0.25, -0.2) is 0 Å². The molecule has 0 aromatic heterocycles. The average Bonchev–Trinajstić information content (AvgIpc) is 2.46. The van der Waals surface area contributed by atoms with Crippen LogP contribution in [0, 0.1) is 0 Å². The summed E-state index contributed by atoms with van der Waals surface area (Å²) in [6.07, 6.45) is 0.754. The highest BCUT2D eigenvalue weighted by Crippen LogP contribution is 2.20. The summed E-state index contributed by atoms with van der Waals surface area (Å²) in [7, 11) is 0. The minimum absolute atomic E-state index is 0.347. The molecule has 0 aromatic carbocycles. The Labute approximate surface area is 61.8 Å². The molecule has 2 atom stereocenters. The summed E-state index contributed by atoms with van der Waals surface area (Å²) >= 11 is 0. The van der Waals surface area contributed by atoms with Gasteiger partial charge in [0.2, 0.25) is 0 Å². The number of rotatable bonds is 4. The van der Waals surface area contributed by atoms with Gasteiger partial charge in [-0.05, 0) is 13.8 Å². The van der Waals surface area contributed by atoms with Gasteiger partial charge >= 0.3 is 0 Å². The second kappa shape index (κ2) is 3.17. The standard InChI is InChI=1S/C8H14O2/c1-6(2)4-9-5-8-7(3)10-8/h7-8H,1,4-5H2,2-3H3. The molecular formula is C8H14O2. The van der Waals surface area contributed by atoms with Crippen molar-refractivity contribution in [2.24, 2.45) is 0 Å². The largest absolute Gasteiger partial charge is 0.374 e. The summed E-state index contributed by atoms with van der Waals surface area (Å²) in [6, 6.07) is 0. The number of ether oxygens (including phenoxy) is 2. The van der Waals surface area contributed by atoms with Crippen LogP contribution >= 0.6 is 0 Å². The Morgan fingerprint density at radius 3 is 2.70 bits per heavy atom. The molecule has 2 nitrogen and oxygen atoms in total. The lowest BCUT2D eigenvalue weighted by Gasteiger charge is -1.98. The summed E-state index contributed by atoms with van der Waals surface area (Å²) in [4.78, 5) is 0. The second-order valence-electron chi connectivity index (χ2n) is 2.85. The molecule has 0 N–H and O–H groups in total. The van der Waals surface area contributed by atoms with Crippen LogP contribution in [0.3, 0.4) is 0 Å². The molecule has 10 heavy (non-hydrogen) atoms. The van der Waals surface area contributed by atoms with E-state index in [9.17, 15) is 0 Å². The van der Waals surface area contributed by atoms with Crippen molar-refractivity contribution in [2.45, 2.75) is 26.1 Å². The molecule has 2 heteroatoms. The van der Waals surface area contributed by atoms with Gasteiger partial charge in [-0.3, -0.25) is 0 Å². The first-order valence-corrected chi connectivity index (χ1v) is 3.57. The molecular weight excluding hydrogens is 128 g/mol. The van der Waals surface area contributed by atoms with Gasteiger partial charge in [-0.1, -0.05) is 12.2 Å². The minimum Gasteiger partial charge on any atom is -0.374 e. The third kappa shape index (κ3) is 2.50. The van der Waals surface area contributed by atoms with Crippen LogP contribution in [0.5, 0.6) is 0 Å². The van der Waals surface area contributed by atoms with Crippen LogP contribution in [0.4, 0.5) is 0 Å². The van der Waals surface area contributed by atoms with E-state index in [4.69, 9.17) is 9.47 Å². The van der Waals surface area contributed by atoms with E-state index in [1.807, 2.05) is 6.92 Å². The number of hydrogen-bond acceptors (Lipinski definition) is 2. The van der Waals surface area contributed by atoms with Crippen LogP contribution in [0.1, 0.15) is 13.8 Å². The van der Waals surface area contributed by atoms with Gasteiger partial charge < -0.3 is 9.47 Å². The van der Waals surface area contributed by atoms with E-state index in [1.54, 1.807) is 0 Å². The Balaban J connectivity index is 1.91. The van der Waals surface area contributed by atoms with Gasteiger partial charge in [-0.2, -0.15) is 0 Å². The molecule has 1 heterocycles. The Morgan fingerprint density at radius 2 is 2.30 bits per heavy atom. The zero-order chi connectivity index (χ0) is 7.56. The third-order valence-electron chi connectivity index (χ3n) is 1.47. The molecule has 1 saturated heterocycles. The summed E-state index contributed by atoms with van der Waals surface area (Å²) in [5, 5.41) is 0. The van der Waals surface area contributed by atoms with Crippen LogP contribution in [0.25, 0.3) is 0 Å². The van der Waals surface area contributed by atoms with Gasteiger partial charge in [0.15, 0.2) is 0 Å². The van der Waals surface area contributed by atoms with Crippen LogP contribution < -0.4 is 0 Å². The first-order valence-electron chi connectivity index (χ1n) is 3.57. The van der Waals surface area contributed by atoms with Crippen molar-refractivity contribution >= 4 is 0 Å². The van der Waals surface area contributed by atoms with Crippen LogP contribution in [0.2, 0.25) is 0 Å². The molecule has 0 bridgehead atoms. The molecule has 0 spiro atoms. The number of hydrogen-bond donors (Lipinski definition) is 0. The molecule has 2 unspecified atom stereocenters. The van der Waals surface area contributed by atoms with E-state index in [0.29, 0.717) is 25.4 Å². The van der Waals surface area contributed by atoms with E-state index < -0.39 is 0 Å². The van der Waals surface area contributed by atoms with Gasteiger partial charge in [-0.15, -0.1) is 0 Å². The van der Waals surface area contributed by atoms with Crippen molar-refractivity contribution in [2.75, 3.05) is 13.2 Å². The van der Waals surface area contributed by atoms with Crippen LogP contribution in [-0.2, 0) is 9.47 Å². The molecule has 1 rings (SSSR count). The van der Waals surface area contributed by atoms with Crippen molar-refractivity contribution in [1.82, 2.24) is 0 Å². The normalized spacial score (nSPS) is 30.2. The first kappa shape index (κ1) is 7.76. The van der Waals surface area contributed by atoms with E-state index in [-0.39, 0.29) is 0 Å². The van der Waals surface area contributed by atoms with E-state index in [0.717, 1.165) is 5.57 Å². The van der Waals surface area contributed by atoms with Crippen LogP contribution in [0.15, 0.2) is 12.2 Å². The second-order valence-corrected chi connectivity index (χ2v) is 2.85. The maximum Gasteiger partial charge on any atom is 0.107 e. The summed E-state index contributed by atoms with van der Waals surface area (Å²) in [5.41, 5.74) is 1.06. The van der Waals surface area contributed by atoms with Crippen molar-refractivity contribution in [3.05, 3.63) is 12.2 Å². The lowest BCUT2D eigenvalue weighted by Crippen LogP contribution is -2.04. The average molecular weight is 142 g/mol. The first-order chi connectivity index (χ1) is 4.70. The molecule has 1 fully saturated rings. The molecule has 58 valence electrons.